The number of rotatable bonds is 7. The van der Waals surface area contributed by atoms with Crippen LogP contribution in [0.15, 0.2) is 54.7 Å². The smallest absolute Gasteiger partial charge is 0.244 e. The van der Waals surface area contributed by atoms with Crippen molar-refractivity contribution in [3.05, 3.63) is 77.2 Å². The molecule has 5 nitrogen and oxygen atoms in total. The average molecular weight is 337 g/mol. The molecule has 0 atom stereocenters. The van der Waals surface area contributed by atoms with E-state index in [9.17, 15) is 4.39 Å². The lowest BCUT2D eigenvalue weighted by atomic mass is 10.1. The van der Waals surface area contributed by atoms with E-state index in [2.05, 4.69) is 50.9 Å². The molecule has 25 heavy (non-hydrogen) atoms. The van der Waals surface area contributed by atoms with Crippen LogP contribution in [0.1, 0.15) is 16.7 Å². The van der Waals surface area contributed by atoms with E-state index in [1.54, 1.807) is 18.3 Å². The summed E-state index contributed by atoms with van der Waals surface area (Å²) in [5.74, 6) is 0.868. The second kappa shape index (κ2) is 8.19. The maximum atomic E-state index is 13.6. The lowest BCUT2D eigenvalue weighted by Crippen LogP contribution is -2.11. The molecular formula is C19H20FN5. The Labute approximate surface area is 146 Å². The fourth-order valence-electron chi connectivity index (χ4n) is 2.49. The maximum Gasteiger partial charge on any atom is 0.244 e. The number of hydrogen-bond acceptors (Lipinski definition) is 5. The number of nitrogens with zero attached hydrogens (tertiary/aromatic N) is 3. The molecule has 0 radical (unpaired) electrons. The predicted octanol–water partition coefficient (Wildman–Crippen LogP) is 3.59. The molecule has 1 aromatic heterocycles. The molecule has 128 valence electrons. The van der Waals surface area contributed by atoms with Gasteiger partial charge in [0.2, 0.25) is 5.95 Å². The first kappa shape index (κ1) is 16.8. The summed E-state index contributed by atoms with van der Waals surface area (Å²) in [6, 6.07) is 15.0. The van der Waals surface area contributed by atoms with E-state index in [1.807, 2.05) is 12.1 Å². The van der Waals surface area contributed by atoms with E-state index in [1.165, 1.54) is 17.2 Å². The van der Waals surface area contributed by atoms with Gasteiger partial charge in [0, 0.05) is 13.1 Å². The highest BCUT2D eigenvalue weighted by Crippen LogP contribution is 2.10. The molecule has 3 rings (SSSR count). The van der Waals surface area contributed by atoms with Crippen LogP contribution in [0.4, 0.5) is 16.2 Å². The minimum atomic E-state index is -0.197. The summed E-state index contributed by atoms with van der Waals surface area (Å²) in [7, 11) is 0. The van der Waals surface area contributed by atoms with Crippen LogP contribution in [-0.4, -0.2) is 21.7 Å². The van der Waals surface area contributed by atoms with E-state index in [0.29, 0.717) is 36.8 Å². The van der Waals surface area contributed by atoms with Gasteiger partial charge in [-0.3, -0.25) is 0 Å². The molecule has 0 aliphatic heterocycles. The Morgan fingerprint density at radius 3 is 2.76 bits per heavy atom. The lowest BCUT2D eigenvalue weighted by molar-refractivity contribution is 0.610. The van der Waals surface area contributed by atoms with Gasteiger partial charge < -0.3 is 10.6 Å². The zero-order valence-corrected chi connectivity index (χ0v) is 14.0. The molecule has 3 aromatic rings. The van der Waals surface area contributed by atoms with Crippen LogP contribution in [-0.2, 0) is 13.0 Å². The first-order valence-electron chi connectivity index (χ1n) is 8.17. The maximum absolute atomic E-state index is 13.6. The topological polar surface area (TPSA) is 62.7 Å². The highest BCUT2D eigenvalue weighted by molar-refractivity contribution is 5.38. The minimum Gasteiger partial charge on any atom is -0.365 e. The van der Waals surface area contributed by atoms with Crippen molar-refractivity contribution in [2.45, 2.75) is 19.9 Å². The van der Waals surface area contributed by atoms with Gasteiger partial charge in [-0.15, -0.1) is 5.10 Å². The molecule has 0 saturated carbocycles. The molecule has 1 heterocycles. The Bertz CT molecular complexity index is 837. The van der Waals surface area contributed by atoms with E-state index < -0.39 is 0 Å². The molecule has 2 N–H and O–H groups in total. The van der Waals surface area contributed by atoms with Crippen LogP contribution >= 0.6 is 0 Å². The van der Waals surface area contributed by atoms with Gasteiger partial charge in [0.05, 0.1) is 6.20 Å². The highest BCUT2D eigenvalue weighted by atomic mass is 19.1. The Morgan fingerprint density at radius 1 is 1.04 bits per heavy atom. The zero-order chi connectivity index (χ0) is 17.5. The number of halogens is 1. The van der Waals surface area contributed by atoms with Crippen molar-refractivity contribution < 1.29 is 4.39 Å². The standard InChI is InChI=1S/C19H20FN5/c1-14-5-4-6-15(11-14)12-22-18-13-23-25-19(24-18)21-10-9-16-7-2-3-8-17(16)20/h2-8,11,13H,9-10,12H2,1H3,(H2,21,22,24,25). The summed E-state index contributed by atoms with van der Waals surface area (Å²) in [5.41, 5.74) is 3.06. The van der Waals surface area contributed by atoms with Crippen molar-refractivity contribution in [3.8, 4) is 0 Å². The SMILES string of the molecule is Cc1cccc(CNc2cnnc(NCCc3ccccc3F)n2)c1. The zero-order valence-electron chi connectivity index (χ0n) is 14.0. The van der Waals surface area contributed by atoms with Crippen molar-refractivity contribution in [1.82, 2.24) is 15.2 Å². The molecule has 0 saturated heterocycles. The van der Waals surface area contributed by atoms with Crippen molar-refractivity contribution in [2.75, 3.05) is 17.2 Å². The fourth-order valence-corrected chi connectivity index (χ4v) is 2.49. The molecule has 0 aliphatic rings. The summed E-state index contributed by atoms with van der Waals surface area (Å²) in [4.78, 5) is 4.37. The quantitative estimate of drug-likeness (QED) is 0.690. The Kier molecular flexibility index (Phi) is 5.51. The third-order valence-corrected chi connectivity index (χ3v) is 3.75. The van der Waals surface area contributed by atoms with Gasteiger partial charge in [0.1, 0.15) is 5.82 Å². The summed E-state index contributed by atoms with van der Waals surface area (Å²) >= 11 is 0. The van der Waals surface area contributed by atoms with E-state index in [0.717, 1.165) is 0 Å². The minimum absolute atomic E-state index is 0.197. The van der Waals surface area contributed by atoms with Gasteiger partial charge in [-0.1, -0.05) is 48.0 Å². The van der Waals surface area contributed by atoms with Gasteiger partial charge in [0.15, 0.2) is 5.82 Å². The van der Waals surface area contributed by atoms with E-state index in [-0.39, 0.29) is 5.82 Å². The normalized spacial score (nSPS) is 10.5. The Hall–Kier alpha value is -3.02. The predicted molar refractivity (Wildman–Crippen MR) is 96.9 cm³/mol. The number of hydrogen-bond donors (Lipinski definition) is 2. The third kappa shape index (κ3) is 4.97. The monoisotopic (exact) mass is 337 g/mol. The molecule has 2 aromatic carbocycles. The molecule has 0 aliphatic carbocycles. The molecular weight excluding hydrogens is 317 g/mol. The van der Waals surface area contributed by atoms with Gasteiger partial charge in [-0.05, 0) is 30.5 Å². The lowest BCUT2D eigenvalue weighted by Gasteiger charge is -2.08. The van der Waals surface area contributed by atoms with Crippen molar-refractivity contribution in [3.63, 3.8) is 0 Å². The number of benzene rings is 2. The van der Waals surface area contributed by atoms with Crippen LogP contribution in [0.3, 0.4) is 0 Å². The Balaban J connectivity index is 1.53. The summed E-state index contributed by atoms with van der Waals surface area (Å²) in [6.07, 6.45) is 2.13. The largest absolute Gasteiger partial charge is 0.365 e. The summed E-state index contributed by atoms with van der Waals surface area (Å²) < 4.78 is 13.6. The Morgan fingerprint density at radius 2 is 1.92 bits per heavy atom. The summed E-state index contributed by atoms with van der Waals surface area (Å²) in [5, 5.41) is 14.2. The second-order valence-electron chi connectivity index (χ2n) is 5.78. The first-order chi connectivity index (χ1) is 12.2. The van der Waals surface area contributed by atoms with Crippen molar-refractivity contribution in [2.24, 2.45) is 0 Å². The van der Waals surface area contributed by atoms with Gasteiger partial charge in [-0.2, -0.15) is 10.1 Å². The highest BCUT2D eigenvalue weighted by Gasteiger charge is 2.03. The van der Waals surface area contributed by atoms with Crippen molar-refractivity contribution >= 4 is 11.8 Å². The van der Waals surface area contributed by atoms with Gasteiger partial charge in [-0.25, -0.2) is 4.39 Å². The number of anilines is 2. The molecule has 6 heteroatoms. The molecule has 0 amide bonds. The number of aryl methyl sites for hydroxylation is 1. The van der Waals surface area contributed by atoms with E-state index >= 15 is 0 Å². The van der Waals surface area contributed by atoms with Crippen molar-refractivity contribution in [1.29, 1.82) is 0 Å². The first-order valence-corrected chi connectivity index (χ1v) is 8.17. The molecule has 0 spiro atoms. The molecule has 0 fully saturated rings. The average Bonchev–Trinajstić information content (AvgIpc) is 2.62. The van der Waals surface area contributed by atoms with Crippen LogP contribution in [0.5, 0.6) is 0 Å². The molecule has 0 bridgehead atoms. The van der Waals surface area contributed by atoms with Crippen LogP contribution < -0.4 is 10.6 Å². The van der Waals surface area contributed by atoms with Gasteiger partial charge >= 0.3 is 0 Å². The second-order valence-corrected chi connectivity index (χ2v) is 5.78. The van der Waals surface area contributed by atoms with Gasteiger partial charge in [0.25, 0.3) is 0 Å². The molecule has 0 unspecified atom stereocenters. The van der Waals surface area contributed by atoms with E-state index in [4.69, 9.17) is 0 Å². The summed E-state index contributed by atoms with van der Waals surface area (Å²) in [6.45, 7) is 3.26. The fraction of sp³-hybridized carbons (Fsp3) is 0.211. The third-order valence-electron chi connectivity index (χ3n) is 3.75. The van der Waals surface area contributed by atoms with Crippen LogP contribution in [0.25, 0.3) is 0 Å². The number of aromatic nitrogens is 3. The van der Waals surface area contributed by atoms with Crippen LogP contribution in [0.2, 0.25) is 0 Å². The number of nitrogens with one attached hydrogen (secondary N) is 2. The van der Waals surface area contributed by atoms with Crippen LogP contribution in [0, 0.1) is 12.7 Å².